The molecule has 0 aromatic rings. The molecule has 2 bridgehead atoms. The maximum absolute atomic E-state index is 14.7. The molecule has 7 atom stereocenters. The zero-order valence-electron chi connectivity index (χ0n) is 27.3. The highest BCUT2D eigenvalue weighted by molar-refractivity contribution is 9.09. The number of halogens is 1. The van der Waals surface area contributed by atoms with E-state index in [-0.39, 0.29) is 47.7 Å². The Morgan fingerprint density at radius 1 is 1.23 bits per heavy atom. The number of esters is 1. The number of ether oxygens (including phenoxy) is 2. The van der Waals surface area contributed by atoms with Crippen molar-refractivity contribution in [2.75, 3.05) is 26.2 Å². The number of nitrogens with zero attached hydrogens (tertiary/aromatic N) is 2. The van der Waals surface area contributed by atoms with Crippen LogP contribution in [0.25, 0.3) is 0 Å². The van der Waals surface area contributed by atoms with Crippen molar-refractivity contribution >= 4 is 39.6 Å². The fourth-order valence-corrected chi connectivity index (χ4v) is 8.46. The molecule has 0 radical (unpaired) electrons. The minimum absolute atomic E-state index is 0.0323. The lowest BCUT2D eigenvalue weighted by molar-refractivity contribution is -0.159. The van der Waals surface area contributed by atoms with Crippen LogP contribution in [0.4, 0.5) is 0 Å². The van der Waals surface area contributed by atoms with E-state index in [1.807, 2.05) is 13.8 Å². The highest BCUT2D eigenvalue weighted by Crippen LogP contribution is 2.60. The van der Waals surface area contributed by atoms with Gasteiger partial charge in [0.25, 0.3) is 0 Å². The first-order chi connectivity index (χ1) is 20.5. The first-order valence-corrected chi connectivity index (χ1v) is 16.7. The van der Waals surface area contributed by atoms with E-state index in [1.54, 1.807) is 28.9 Å². The molecule has 44 heavy (non-hydrogen) atoms. The average Bonchev–Trinajstić information content (AvgIpc) is 3.51. The monoisotopic (exact) mass is 681 g/mol. The second-order valence-electron chi connectivity index (χ2n) is 14.3. The Balaban J connectivity index is 1.95. The molecule has 0 aromatic carbocycles. The molecule has 1 unspecified atom stereocenters. The number of fused-ring (bicyclic) bond motifs is 1. The van der Waals surface area contributed by atoms with Crippen LogP contribution in [0.5, 0.6) is 0 Å². The molecule has 3 fully saturated rings. The van der Waals surface area contributed by atoms with Gasteiger partial charge in [-0.2, -0.15) is 0 Å². The van der Waals surface area contributed by atoms with Crippen LogP contribution in [-0.2, 0) is 28.7 Å². The Labute approximate surface area is 271 Å². The number of carbonyl (C=O) groups is 4. The topological polar surface area (TPSA) is 125 Å². The molecule has 0 aromatic heterocycles. The molecule has 3 rings (SSSR count). The summed E-state index contributed by atoms with van der Waals surface area (Å²) in [6.45, 7) is 20.3. The van der Waals surface area contributed by atoms with E-state index in [0.29, 0.717) is 45.1 Å². The fraction of sp³-hybridized carbons (Fsp3) is 0.758. The Morgan fingerprint density at radius 2 is 1.91 bits per heavy atom. The van der Waals surface area contributed by atoms with E-state index in [1.165, 1.54) is 0 Å². The number of rotatable bonds is 16. The second-order valence-corrected chi connectivity index (χ2v) is 15.5. The lowest BCUT2D eigenvalue weighted by Crippen LogP contribution is -2.61. The standard InChI is InChI=1S/C33H52BrN3O7/c1-9-11-14-23(39)35-19-21(3)43-30(42)24-25-28(40)36(16-12-13-17-38)27(33(25)18-22(34)26(24)44-33)29(41)37(15-10-2)32(7,8)20-31(4,5)6/h9-10,21-22,24-27,38H,1-2,11-20H2,3-8H3,(H,35,39)/t21-,22?,24-,25+,26-,27-,33+/m0/s1. The Kier molecular flexibility index (Phi) is 11.9. The van der Waals surface area contributed by atoms with Crippen LogP contribution in [-0.4, -0.2) is 99.1 Å². The normalized spacial score (nSPS) is 28.4. The summed E-state index contributed by atoms with van der Waals surface area (Å²) in [5.74, 6) is -3.08. The molecule has 3 saturated heterocycles. The van der Waals surface area contributed by atoms with Crippen molar-refractivity contribution in [1.82, 2.24) is 15.1 Å². The smallest absolute Gasteiger partial charge is 0.312 e. The molecule has 248 valence electrons. The summed E-state index contributed by atoms with van der Waals surface area (Å²) in [7, 11) is 0. The number of unbranched alkanes of at least 4 members (excludes halogenated alkanes) is 1. The van der Waals surface area contributed by atoms with E-state index >= 15 is 0 Å². The number of likely N-dealkylation sites (tertiary alicyclic amines) is 1. The third-order valence-electron chi connectivity index (χ3n) is 8.85. The number of aliphatic hydroxyl groups is 1. The average molecular weight is 683 g/mol. The molecular formula is C33H52BrN3O7. The van der Waals surface area contributed by atoms with Crippen molar-refractivity contribution in [1.29, 1.82) is 0 Å². The lowest BCUT2D eigenvalue weighted by Gasteiger charge is -2.45. The highest BCUT2D eigenvalue weighted by atomic mass is 79.9. The summed E-state index contributed by atoms with van der Waals surface area (Å²) in [6.07, 6.45) is 5.01. The Morgan fingerprint density at radius 3 is 2.50 bits per heavy atom. The van der Waals surface area contributed by atoms with Gasteiger partial charge in [0.15, 0.2) is 0 Å². The number of allylic oxidation sites excluding steroid dienone is 1. The van der Waals surface area contributed by atoms with Gasteiger partial charge in [0.2, 0.25) is 17.7 Å². The van der Waals surface area contributed by atoms with Crippen LogP contribution >= 0.6 is 15.9 Å². The van der Waals surface area contributed by atoms with Crippen LogP contribution in [0.1, 0.15) is 80.1 Å². The summed E-state index contributed by atoms with van der Waals surface area (Å²) in [6, 6.07) is -0.942. The zero-order chi connectivity index (χ0) is 33.0. The van der Waals surface area contributed by atoms with E-state index in [2.05, 4.69) is 55.2 Å². The van der Waals surface area contributed by atoms with E-state index in [4.69, 9.17) is 9.47 Å². The molecule has 3 heterocycles. The third-order valence-corrected chi connectivity index (χ3v) is 9.70. The summed E-state index contributed by atoms with van der Waals surface area (Å²) in [5, 5.41) is 12.2. The van der Waals surface area contributed by atoms with Gasteiger partial charge < -0.3 is 29.7 Å². The predicted molar refractivity (Wildman–Crippen MR) is 172 cm³/mol. The molecule has 10 nitrogen and oxygen atoms in total. The van der Waals surface area contributed by atoms with Crippen molar-refractivity contribution in [2.24, 2.45) is 17.3 Å². The first-order valence-electron chi connectivity index (χ1n) is 15.8. The van der Waals surface area contributed by atoms with Crippen LogP contribution in [0, 0.1) is 17.3 Å². The third kappa shape index (κ3) is 7.58. The van der Waals surface area contributed by atoms with E-state index in [0.717, 1.165) is 0 Å². The number of amides is 3. The number of alkyl halides is 1. The lowest BCUT2D eigenvalue weighted by atomic mass is 9.70. The van der Waals surface area contributed by atoms with Crippen molar-refractivity contribution in [2.45, 2.75) is 114 Å². The summed E-state index contributed by atoms with van der Waals surface area (Å²) in [5.41, 5.74) is -1.85. The summed E-state index contributed by atoms with van der Waals surface area (Å²) in [4.78, 5) is 57.9. The molecule has 3 aliphatic heterocycles. The van der Waals surface area contributed by atoms with Crippen molar-refractivity contribution in [3.8, 4) is 0 Å². The van der Waals surface area contributed by atoms with Gasteiger partial charge >= 0.3 is 5.97 Å². The largest absolute Gasteiger partial charge is 0.460 e. The van der Waals surface area contributed by atoms with Gasteiger partial charge in [-0.1, -0.05) is 48.9 Å². The highest BCUT2D eigenvalue weighted by Gasteiger charge is 2.77. The molecule has 1 spiro atoms. The maximum atomic E-state index is 14.7. The Hall–Kier alpha value is -2.24. The second kappa shape index (κ2) is 14.5. The van der Waals surface area contributed by atoms with Crippen molar-refractivity contribution < 1.29 is 33.8 Å². The number of hydrogen-bond acceptors (Lipinski definition) is 7. The van der Waals surface area contributed by atoms with E-state index < -0.39 is 47.2 Å². The van der Waals surface area contributed by atoms with Gasteiger partial charge in [0.05, 0.1) is 24.5 Å². The van der Waals surface area contributed by atoms with Gasteiger partial charge in [0.1, 0.15) is 17.7 Å². The summed E-state index contributed by atoms with van der Waals surface area (Å²) >= 11 is 3.70. The SMILES string of the molecule is C=CCCC(=O)NC[C@H](C)OC(=O)[C@@H]1[C@H]2O[C@@]3(CC2Br)[C@H](C(=O)N(CC=C)C(C)(C)CC(C)(C)C)N(CCCCO)C(=O)[C@@H]13. The molecule has 11 heteroatoms. The number of nitrogens with one attached hydrogen (secondary N) is 1. The molecule has 2 N–H and O–H groups in total. The minimum Gasteiger partial charge on any atom is -0.460 e. The van der Waals surface area contributed by atoms with E-state index in [9.17, 15) is 24.3 Å². The van der Waals surface area contributed by atoms with Crippen LogP contribution in [0.3, 0.4) is 0 Å². The molecule has 3 aliphatic rings. The van der Waals surface area contributed by atoms with Crippen LogP contribution < -0.4 is 5.32 Å². The van der Waals surface area contributed by atoms with Gasteiger partial charge in [-0.15, -0.1) is 13.2 Å². The number of hydrogen-bond donors (Lipinski definition) is 2. The number of carbonyl (C=O) groups excluding carboxylic acids is 4. The minimum atomic E-state index is -1.21. The molecule has 0 aliphatic carbocycles. The number of aliphatic hydroxyl groups excluding tert-OH is 1. The molecular weight excluding hydrogens is 630 g/mol. The first kappa shape index (κ1) is 36.2. The van der Waals surface area contributed by atoms with Crippen molar-refractivity contribution in [3.05, 3.63) is 25.3 Å². The van der Waals surface area contributed by atoms with Gasteiger partial charge in [0, 0.05) is 36.5 Å². The summed E-state index contributed by atoms with van der Waals surface area (Å²) < 4.78 is 12.4. The Bertz CT molecular complexity index is 1110. The predicted octanol–water partition coefficient (Wildman–Crippen LogP) is 3.75. The van der Waals surface area contributed by atoms with Gasteiger partial charge in [-0.05, 0) is 58.3 Å². The maximum Gasteiger partial charge on any atom is 0.312 e. The quantitative estimate of drug-likeness (QED) is 0.110. The van der Waals surface area contributed by atoms with Gasteiger partial charge in [-0.25, -0.2) is 0 Å². The molecule has 3 amide bonds. The fourth-order valence-electron chi connectivity index (χ4n) is 7.52. The van der Waals surface area contributed by atoms with Gasteiger partial charge in [-0.3, -0.25) is 19.2 Å². The van der Waals surface area contributed by atoms with Crippen molar-refractivity contribution in [3.63, 3.8) is 0 Å². The zero-order valence-corrected chi connectivity index (χ0v) is 28.9. The van der Waals surface area contributed by atoms with Crippen LogP contribution in [0.15, 0.2) is 25.3 Å². The van der Waals surface area contributed by atoms with Crippen LogP contribution in [0.2, 0.25) is 0 Å². The molecule has 0 saturated carbocycles.